The number of aliphatic hydroxyl groups excluding tert-OH is 1. The number of aliphatic hydroxyl groups is 1. The lowest BCUT2D eigenvalue weighted by Crippen LogP contribution is -2.59. The van der Waals surface area contributed by atoms with Crippen LogP contribution in [0.1, 0.15) is 46.5 Å². The van der Waals surface area contributed by atoms with Crippen LogP contribution >= 0.6 is 0 Å². The second kappa shape index (κ2) is 4.94. The van der Waals surface area contributed by atoms with Crippen LogP contribution in [0.25, 0.3) is 0 Å². The lowest BCUT2D eigenvalue weighted by atomic mass is 9.87. The van der Waals surface area contributed by atoms with E-state index in [1.165, 1.54) is 0 Å². The van der Waals surface area contributed by atoms with E-state index in [0.717, 1.165) is 12.8 Å². The van der Waals surface area contributed by atoms with Gasteiger partial charge >= 0.3 is 6.09 Å². The molecule has 0 spiro atoms. The number of carbonyl (C=O) groups excluding carboxylic acids is 1. The summed E-state index contributed by atoms with van der Waals surface area (Å²) in [6, 6.07) is 0.0775. The number of hydrogen-bond donors (Lipinski definition) is 1. The van der Waals surface area contributed by atoms with Crippen molar-refractivity contribution < 1.29 is 19.4 Å². The number of nitrogens with zero attached hydrogens (tertiary/aromatic N) is 1. The summed E-state index contributed by atoms with van der Waals surface area (Å²) in [4.78, 5) is 14.3. The summed E-state index contributed by atoms with van der Waals surface area (Å²) in [5, 5.41) is 9.98. The molecule has 0 aromatic rings. The van der Waals surface area contributed by atoms with Gasteiger partial charge in [0.05, 0.1) is 18.2 Å². The number of hydrogen-bond acceptors (Lipinski definition) is 4. The van der Waals surface area contributed by atoms with Gasteiger partial charge in [-0.25, -0.2) is 4.79 Å². The topological polar surface area (TPSA) is 59.0 Å². The van der Waals surface area contributed by atoms with E-state index in [1.807, 2.05) is 25.7 Å². The Balaban J connectivity index is 2.20. The molecular formula is C14H25NO4. The summed E-state index contributed by atoms with van der Waals surface area (Å²) in [6.07, 6.45) is 2.39. The van der Waals surface area contributed by atoms with Gasteiger partial charge in [0.2, 0.25) is 0 Å². The second-order valence-electron chi connectivity index (χ2n) is 6.79. The molecule has 5 nitrogen and oxygen atoms in total. The Kier molecular flexibility index (Phi) is 3.80. The van der Waals surface area contributed by atoms with E-state index in [1.54, 1.807) is 7.11 Å². The first kappa shape index (κ1) is 14.6. The largest absolute Gasteiger partial charge is 0.444 e. The lowest BCUT2D eigenvalue weighted by molar-refractivity contribution is -0.0638. The average molecular weight is 271 g/mol. The van der Waals surface area contributed by atoms with Crippen molar-refractivity contribution in [2.45, 2.75) is 69.7 Å². The van der Waals surface area contributed by atoms with Crippen molar-refractivity contribution in [3.8, 4) is 0 Å². The van der Waals surface area contributed by atoms with Crippen molar-refractivity contribution in [2.75, 3.05) is 13.7 Å². The molecule has 1 unspecified atom stereocenters. The van der Waals surface area contributed by atoms with E-state index in [9.17, 15) is 9.90 Å². The highest BCUT2D eigenvalue weighted by Gasteiger charge is 2.54. The Hall–Kier alpha value is -0.810. The van der Waals surface area contributed by atoms with Crippen molar-refractivity contribution in [1.29, 1.82) is 0 Å². The molecule has 110 valence electrons. The Labute approximate surface area is 114 Å². The summed E-state index contributed by atoms with van der Waals surface area (Å²) in [7, 11) is 1.64. The molecule has 2 aliphatic rings. The molecule has 2 heterocycles. The van der Waals surface area contributed by atoms with E-state index in [2.05, 4.69) is 0 Å². The van der Waals surface area contributed by atoms with Gasteiger partial charge in [0.25, 0.3) is 0 Å². The molecule has 0 saturated carbocycles. The predicted octanol–water partition coefficient (Wildman–Crippen LogP) is 1.93. The van der Waals surface area contributed by atoms with Crippen LogP contribution in [0, 0.1) is 0 Å². The van der Waals surface area contributed by atoms with Gasteiger partial charge < -0.3 is 14.6 Å². The maximum atomic E-state index is 12.4. The standard InChI is InChI=1S/C14H25NO4/c1-13(2,3)19-12(17)15-10-5-6-14(15,9-18-4)8-11(16)7-10/h10-11,16H,5-9H2,1-4H3/t10?,11-,14+/m1/s1. The van der Waals surface area contributed by atoms with Crippen LogP contribution in [0.2, 0.25) is 0 Å². The van der Waals surface area contributed by atoms with Crippen molar-refractivity contribution in [3.63, 3.8) is 0 Å². The van der Waals surface area contributed by atoms with Crippen LogP contribution in [0.3, 0.4) is 0 Å². The van der Waals surface area contributed by atoms with Crippen LogP contribution in [0.4, 0.5) is 4.79 Å². The fourth-order valence-corrected chi connectivity index (χ4v) is 3.45. The second-order valence-corrected chi connectivity index (χ2v) is 6.79. The maximum absolute atomic E-state index is 12.4. The van der Waals surface area contributed by atoms with Crippen LogP contribution in [-0.4, -0.2) is 53.1 Å². The van der Waals surface area contributed by atoms with Crippen molar-refractivity contribution in [1.82, 2.24) is 4.90 Å². The third kappa shape index (κ3) is 2.87. The van der Waals surface area contributed by atoms with Gasteiger partial charge in [-0.2, -0.15) is 0 Å². The third-order valence-electron chi connectivity index (χ3n) is 3.98. The highest BCUT2D eigenvalue weighted by Crippen LogP contribution is 2.45. The molecule has 0 radical (unpaired) electrons. The van der Waals surface area contributed by atoms with Crippen LogP contribution in [-0.2, 0) is 9.47 Å². The fraction of sp³-hybridized carbons (Fsp3) is 0.929. The number of ether oxygens (including phenoxy) is 2. The molecule has 2 fully saturated rings. The van der Waals surface area contributed by atoms with Crippen molar-refractivity contribution in [3.05, 3.63) is 0 Å². The summed E-state index contributed by atoms with van der Waals surface area (Å²) in [5.41, 5.74) is -0.889. The highest BCUT2D eigenvalue weighted by molar-refractivity contribution is 5.70. The smallest absolute Gasteiger partial charge is 0.411 e. The molecule has 2 rings (SSSR count). The van der Waals surface area contributed by atoms with Gasteiger partial charge in [-0.15, -0.1) is 0 Å². The van der Waals surface area contributed by atoms with E-state index in [0.29, 0.717) is 19.4 Å². The number of fused-ring (bicyclic) bond motifs is 2. The Morgan fingerprint density at radius 3 is 2.74 bits per heavy atom. The molecule has 3 atom stereocenters. The first-order valence-corrected chi connectivity index (χ1v) is 6.97. The summed E-state index contributed by atoms with van der Waals surface area (Å²) in [6.45, 7) is 6.07. The molecule has 2 bridgehead atoms. The van der Waals surface area contributed by atoms with E-state index in [4.69, 9.17) is 9.47 Å². The number of rotatable bonds is 2. The van der Waals surface area contributed by atoms with Gasteiger partial charge in [0, 0.05) is 13.2 Å². The normalized spacial score (nSPS) is 34.5. The third-order valence-corrected chi connectivity index (χ3v) is 3.98. The number of methoxy groups -OCH3 is 1. The Morgan fingerprint density at radius 2 is 2.16 bits per heavy atom. The minimum Gasteiger partial charge on any atom is -0.444 e. The zero-order valence-electron chi connectivity index (χ0n) is 12.3. The molecular weight excluding hydrogens is 246 g/mol. The van der Waals surface area contributed by atoms with Gasteiger partial charge in [-0.05, 0) is 46.5 Å². The maximum Gasteiger partial charge on any atom is 0.411 e. The molecule has 2 aliphatic heterocycles. The average Bonchev–Trinajstić information content (AvgIpc) is 2.46. The SMILES string of the molecule is COC[C@]12CCC(C[C@@H](O)C1)N2C(=O)OC(C)(C)C. The number of carbonyl (C=O) groups is 1. The van der Waals surface area contributed by atoms with E-state index in [-0.39, 0.29) is 23.8 Å². The quantitative estimate of drug-likeness (QED) is 0.833. The Bertz CT molecular complexity index is 348. The van der Waals surface area contributed by atoms with Crippen LogP contribution in [0.15, 0.2) is 0 Å². The Morgan fingerprint density at radius 1 is 1.47 bits per heavy atom. The van der Waals surface area contributed by atoms with Crippen LogP contribution < -0.4 is 0 Å². The summed E-state index contributed by atoms with van der Waals surface area (Å²) in [5.74, 6) is 0. The lowest BCUT2D eigenvalue weighted by Gasteiger charge is -2.46. The predicted molar refractivity (Wildman–Crippen MR) is 70.9 cm³/mol. The van der Waals surface area contributed by atoms with Gasteiger partial charge in [0.1, 0.15) is 5.60 Å². The zero-order chi connectivity index (χ0) is 14.3. The number of amides is 1. The number of piperidine rings is 1. The van der Waals surface area contributed by atoms with Gasteiger partial charge in [-0.3, -0.25) is 4.90 Å². The van der Waals surface area contributed by atoms with E-state index >= 15 is 0 Å². The minimum atomic E-state index is -0.499. The monoisotopic (exact) mass is 271 g/mol. The molecule has 1 N–H and O–H groups in total. The van der Waals surface area contributed by atoms with Crippen molar-refractivity contribution >= 4 is 6.09 Å². The summed E-state index contributed by atoms with van der Waals surface area (Å²) >= 11 is 0. The zero-order valence-corrected chi connectivity index (χ0v) is 12.3. The van der Waals surface area contributed by atoms with Crippen LogP contribution in [0.5, 0.6) is 0 Å². The van der Waals surface area contributed by atoms with Gasteiger partial charge in [-0.1, -0.05) is 0 Å². The van der Waals surface area contributed by atoms with Gasteiger partial charge in [0.15, 0.2) is 0 Å². The summed E-state index contributed by atoms with van der Waals surface area (Å²) < 4.78 is 10.8. The fourth-order valence-electron chi connectivity index (χ4n) is 3.45. The molecule has 2 saturated heterocycles. The highest BCUT2D eigenvalue weighted by atomic mass is 16.6. The first-order chi connectivity index (χ1) is 8.77. The molecule has 19 heavy (non-hydrogen) atoms. The molecule has 0 aromatic heterocycles. The molecule has 0 aliphatic carbocycles. The van der Waals surface area contributed by atoms with E-state index < -0.39 is 5.60 Å². The molecule has 0 aromatic carbocycles. The van der Waals surface area contributed by atoms with Crippen molar-refractivity contribution in [2.24, 2.45) is 0 Å². The molecule has 1 amide bonds. The first-order valence-electron chi connectivity index (χ1n) is 6.97. The molecule has 5 heteroatoms. The minimum absolute atomic E-state index is 0.0775.